The Balaban J connectivity index is 1.64. The molecule has 5 heteroatoms. The van der Waals surface area contributed by atoms with E-state index in [-0.39, 0.29) is 5.91 Å². The van der Waals surface area contributed by atoms with Crippen molar-refractivity contribution in [3.05, 3.63) is 70.0 Å². The first-order valence-electron chi connectivity index (χ1n) is 7.59. The Morgan fingerprint density at radius 2 is 2.00 bits per heavy atom. The molecule has 1 aromatic heterocycles. The van der Waals surface area contributed by atoms with Crippen molar-refractivity contribution >= 4 is 17.2 Å². The van der Waals surface area contributed by atoms with Gasteiger partial charge in [0.25, 0.3) is 5.91 Å². The number of hydrogen-bond donors (Lipinski definition) is 1. The van der Waals surface area contributed by atoms with E-state index in [0.717, 1.165) is 27.6 Å². The lowest BCUT2D eigenvalue weighted by Crippen LogP contribution is -2.22. The van der Waals surface area contributed by atoms with Crippen molar-refractivity contribution in [3.63, 3.8) is 0 Å². The quantitative estimate of drug-likeness (QED) is 0.763. The fraction of sp³-hybridized carbons (Fsp3) is 0.158. The lowest BCUT2D eigenvalue weighted by atomic mass is 10.1. The predicted octanol–water partition coefficient (Wildman–Crippen LogP) is 4.06. The molecule has 0 bridgehead atoms. The summed E-state index contributed by atoms with van der Waals surface area (Å²) < 4.78 is 5.16. The Morgan fingerprint density at radius 1 is 1.21 bits per heavy atom. The van der Waals surface area contributed by atoms with Crippen molar-refractivity contribution in [2.75, 3.05) is 7.11 Å². The zero-order valence-corrected chi connectivity index (χ0v) is 14.4. The van der Waals surface area contributed by atoms with E-state index in [4.69, 9.17) is 4.74 Å². The van der Waals surface area contributed by atoms with Crippen LogP contribution in [0.2, 0.25) is 0 Å². The smallest absolute Gasteiger partial charge is 0.251 e. The minimum atomic E-state index is -0.0834. The first kappa shape index (κ1) is 16.2. The topological polar surface area (TPSA) is 51.2 Å². The van der Waals surface area contributed by atoms with Gasteiger partial charge < -0.3 is 10.1 Å². The third-order valence-electron chi connectivity index (χ3n) is 3.62. The molecule has 0 atom stereocenters. The third kappa shape index (κ3) is 3.81. The molecule has 0 saturated carbocycles. The number of benzene rings is 2. The molecule has 0 spiro atoms. The number of rotatable bonds is 5. The molecule has 0 aliphatic carbocycles. The van der Waals surface area contributed by atoms with Crippen LogP contribution < -0.4 is 10.1 Å². The minimum absolute atomic E-state index is 0.0834. The van der Waals surface area contributed by atoms with E-state index in [9.17, 15) is 4.79 Å². The number of aryl methyl sites for hydroxylation is 1. The number of hydrogen-bond acceptors (Lipinski definition) is 4. The number of ether oxygens (including phenoxy) is 1. The highest BCUT2D eigenvalue weighted by atomic mass is 32.1. The molecule has 3 aromatic rings. The molecule has 122 valence electrons. The number of nitrogens with zero attached hydrogens (tertiary/aromatic N) is 1. The van der Waals surface area contributed by atoms with Crippen molar-refractivity contribution in [1.82, 2.24) is 10.3 Å². The van der Waals surface area contributed by atoms with Crippen LogP contribution in [0, 0.1) is 6.92 Å². The predicted molar refractivity (Wildman–Crippen MR) is 96.5 cm³/mol. The van der Waals surface area contributed by atoms with E-state index in [1.54, 1.807) is 7.11 Å². The molecule has 0 fully saturated rings. The highest BCUT2D eigenvalue weighted by Crippen LogP contribution is 2.24. The maximum Gasteiger partial charge on any atom is 0.251 e. The van der Waals surface area contributed by atoms with E-state index < -0.39 is 0 Å². The van der Waals surface area contributed by atoms with Crippen LogP contribution in [0.3, 0.4) is 0 Å². The van der Waals surface area contributed by atoms with Crippen LogP contribution in [0.25, 0.3) is 11.3 Å². The highest BCUT2D eigenvalue weighted by molar-refractivity contribution is 7.09. The van der Waals surface area contributed by atoms with Gasteiger partial charge in [-0.1, -0.05) is 17.7 Å². The van der Waals surface area contributed by atoms with Gasteiger partial charge >= 0.3 is 0 Å². The zero-order valence-electron chi connectivity index (χ0n) is 13.6. The van der Waals surface area contributed by atoms with Crippen LogP contribution in [0.5, 0.6) is 5.75 Å². The summed E-state index contributed by atoms with van der Waals surface area (Å²) in [6.07, 6.45) is 0. The number of methoxy groups -OCH3 is 1. The van der Waals surface area contributed by atoms with Crippen LogP contribution in [0.1, 0.15) is 20.9 Å². The molecule has 0 saturated heterocycles. The molecule has 0 radical (unpaired) electrons. The van der Waals surface area contributed by atoms with Crippen molar-refractivity contribution in [2.45, 2.75) is 13.5 Å². The van der Waals surface area contributed by atoms with Gasteiger partial charge in [-0.15, -0.1) is 11.3 Å². The van der Waals surface area contributed by atoms with Gasteiger partial charge in [-0.25, -0.2) is 4.98 Å². The van der Waals surface area contributed by atoms with E-state index >= 15 is 0 Å². The van der Waals surface area contributed by atoms with Crippen molar-refractivity contribution < 1.29 is 9.53 Å². The molecule has 1 N–H and O–H groups in total. The minimum Gasteiger partial charge on any atom is -0.497 e. The second kappa shape index (κ2) is 7.27. The SMILES string of the molecule is COc1ccc(-c2csc(CNC(=O)c3cccc(C)c3)n2)cc1. The summed E-state index contributed by atoms with van der Waals surface area (Å²) in [6, 6.07) is 15.3. The largest absolute Gasteiger partial charge is 0.497 e. The summed E-state index contributed by atoms with van der Waals surface area (Å²) in [5.74, 6) is 0.736. The van der Waals surface area contributed by atoms with E-state index in [1.165, 1.54) is 11.3 Å². The van der Waals surface area contributed by atoms with Crippen LogP contribution >= 0.6 is 11.3 Å². The summed E-state index contributed by atoms with van der Waals surface area (Å²) >= 11 is 1.54. The van der Waals surface area contributed by atoms with Gasteiger partial charge in [0.1, 0.15) is 10.8 Å². The summed E-state index contributed by atoms with van der Waals surface area (Å²) in [5, 5.41) is 5.79. The molecule has 2 aromatic carbocycles. The molecule has 4 nitrogen and oxygen atoms in total. The van der Waals surface area contributed by atoms with Gasteiger partial charge in [0.05, 0.1) is 19.3 Å². The van der Waals surface area contributed by atoms with Gasteiger partial charge in [0, 0.05) is 16.5 Å². The second-order valence-corrected chi connectivity index (χ2v) is 6.35. The summed E-state index contributed by atoms with van der Waals surface area (Å²) in [7, 11) is 1.65. The lowest BCUT2D eigenvalue weighted by Gasteiger charge is -2.04. The summed E-state index contributed by atoms with van der Waals surface area (Å²) in [6.45, 7) is 2.40. The Hall–Kier alpha value is -2.66. The van der Waals surface area contributed by atoms with Gasteiger partial charge in [-0.3, -0.25) is 4.79 Å². The third-order valence-corrected chi connectivity index (χ3v) is 4.47. The van der Waals surface area contributed by atoms with Gasteiger partial charge in [-0.05, 0) is 43.3 Å². The van der Waals surface area contributed by atoms with Crippen molar-refractivity contribution in [3.8, 4) is 17.0 Å². The average Bonchev–Trinajstić information content (AvgIpc) is 3.09. The number of carbonyl (C=O) groups excluding carboxylic acids is 1. The first-order chi connectivity index (χ1) is 11.7. The number of thiazole rings is 1. The molecule has 0 aliphatic heterocycles. The molecule has 3 rings (SSSR count). The van der Waals surface area contributed by atoms with Crippen LogP contribution in [-0.4, -0.2) is 18.0 Å². The maximum absolute atomic E-state index is 12.2. The average molecular weight is 338 g/mol. The van der Waals surface area contributed by atoms with E-state index in [2.05, 4.69) is 10.3 Å². The summed E-state index contributed by atoms with van der Waals surface area (Å²) in [4.78, 5) is 16.8. The number of aromatic nitrogens is 1. The highest BCUT2D eigenvalue weighted by Gasteiger charge is 2.08. The zero-order chi connectivity index (χ0) is 16.9. The first-order valence-corrected chi connectivity index (χ1v) is 8.47. The van der Waals surface area contributed by atoms with Crippen molar-refractivity contribution in [2.24, 2.45) is 0 Å². The Bertz CT molecular complexity index is 841. The molecular formula is C19H18N2O2S. The van der Waals surface area contributed by atoms with Crippen molar-refractivity contribution in [1.29, 1.82) is 0 Å². The Morgan fingerprint density at radius 3 is 2.71 bits per heavy atom. The Labute approximate surface area is 145 Å². The molecule has 1 heterocycles. The van der Waals surface area contributed by atoms with Crippen LogP contribution in [0.15, 0.2) is 53.9 Å². The second-order valence-electron chi connectivity index (χ2n) is 5.41. The lowest BCUT2D eigenvalue weighted by molar-refractivity contribution is 0.0951. The molecular weight excluding hydrogens is 320 g/mol. The molecule has 1 amide bonds. The normalized spacial score (nSPS) is 10.4. The molecule has 24 heavy (non-hydrogen) atoms. The number of amides is 1. The Kier molecular flexibility index (Phi) is 4.91. The van der Waals surface area contributed by atoms with Crippen LogP contribution in [-0.2, 0) is 6.54 Å². The van der Waals surface area contributed by atoms with Gasteiger partial charge in [0.2, 0.25) is 0 Å². The monoisotopic (exact) mass is 338 g/mol. The van der Waals surface area contributed by atoms with Gasteiger partial charge in [-0.2, -0.15) is 0 Å². The summed E-state index contributed by atoms with van der Waals surface area (Å²) in [5.41, 5.74) is 3.67. The molecule has 0 unspecified atom stereocenters. The van der Waals surface area contributed by atoms with Crippen LogP contribution in [0.4, 0.5) is 0 Å². The van der Waals surface area contributed by atoms with E-state index in [1.807, 2.05) is 60.8 Å². The van der Waals surface area contributed by atoms with Gasteiger partial charge in [0.15, 0.2) is 0 Å². The molecule has 0 aliphatic rings. The fourth-order valence-electron chi connectivity index (χ4n) is 2.33. The standard InChI is InChI=1S/C19H18N2O2S/c1-13-4-3-5-15(10-13)19(22)20-11-18-21-17(12-24-18)14-6-8-16(23-2)9-7-14/h3-10,12H,11H2,1-2H3,(H,20,22). The van der Waals surface area contributed by atoms with E-state index in [0.29, 0.717) is 12.1 Å². The fourth-order valence-corrected chi connectivity index (χ4v) is 3.07. The number of carbonyl (C=O) groups is 1. The maximum atomic E-state index is 12.2. The number of nitrogens with one attached hydrogen (secondary N) is 1.